The van der Waals surface area contributed by atoms with Crippen LogP contribution in [0.3, 0.4) is 0 Å². The van der Waals surface area contributed by atoms with Crippen LogP contribution in [0.25, 0.3) is 0 Å². The highest BCUT2D eigenvalue weighted by molar-refractivity contribution is 5.80. The summed E-state index contributed by atoms with van der Waals surface area (Å²) in [6.45, 7) is 3.52. The Hall–Kier alpha value is -0.570. The molecule has 3 heteroatoms. The Morgan fingerprint density at radius 2 is 2.44 bits per heavy atom. The zero-order chi connectivity index (χ0) is 7.07. The van der Waals surface area contributed by atoms with Gasteiger partial charge in [0.05, 0.1) is 6.10 Å². The second kappa shape index (κ2) is 1.70. The molecule has 0 aromatic rings. The molecule has 1 N–H and O–H groups in total. The number of carbonyl (C=O) groups is 1. The number of hydrogen-bond acceptors (Lipinski definition) is 2. The van der Waals surface area contributed by atoms with Crippen LogP contribution in [0.2, 0.25) is 0 Å². The minimum atomic E-state index is -0.866. The summed E-state index contributed by atoms with van der Waals surface area (Å²) in [5, 5.41) is 8.49. The van der Waals surface area contributed by atoms with Gasteiger partial charge < -0.3 is 9.84 Å². The van der Waals surface area contributed by atoms with E-state index < -0.39 is 11.6 Å². The molecule has 3 nitrogen and oxygen atoms in total. The van der Waals surface area contributed by atoms with E-state index in [0.717, 1.165) is 6.42 Å². The second-order valence-electron chi connectivity index (χ2n) is 2.43. The van der Waals surface area contributed by atoms with Gasteiger partial charge in [-0.25, -0.2) is 4.79 Å². The lowest BCUT2D eigenvalue weighted by Gasteiger charge is -1.94. The summed E-state index contributed by atoms with van der Waals surface area (Å²) < 4.78 is 4.92. The molecule has 0 aliphatic carbocycles. The molecule has 0 aromatic carbocycles. The molecule has 1 saturated heterocycles. The van der Waals surface area contributed by atoms with Gasteiger partial charge in [-0.1, -0.05) is 6.92 Å². The zero-order valence-electron chi connectivity index (χ0n) is 5.55. The van der Waals surface area contributed by atoms with E-state index in [0.29, 0.717) is 0 Å². The van der Waals surface area contributed by atoms with Gasteiger partial charge in [0.2, 0.25) is 0 Å². The summed E-state index contributed by atoms with van der Waals surface area (Å²) in [6.07, 6.45) is 0.720. The highest BCUT2D eigenvalue weighted by Gasteiger charge is 2.57. The molecule has 0 aromatic heterocycles. The SMILES string of the molecule is CCC1OC1(C)C(=O)O. The van der Waals surface area contributed by atoms with Crippen molar-refractivity contribution < 1.29 is 14.6 Å². The highest BCUT2D eigenvalue weighted by Crippen LogP contribution is 2.38. The summed E-state index contributed by atoms with van der Waals surface area (Å²) in [4.78, 5) is 10.3. The van der Waals surface area contributed by atoms with Crippen molar-refractivity contribution in [1.82, 2.24) is 0 Å². The minimum absolute atomic E-state index is 0.0602. The summed E-state index contributed by atoms with van der Waals surface area (Å²) in [7, 11) is 0. The summed E-state index contributed by atoms with van der Waals surface area (Å²) >= 11 is 0. The Balaban J connectivity index is 2.52. The predicted octanol–water partition coefficient (Wildman–Crippen LogP) is 0.639. The molecular formula is C6H10O3. The Labute approximate surface area is 53.6 Å². The van der Waals surface area contributed by atoms with Crippen molar-refractivity contribution in [3.8, 4) is 0 Å². The molecule has 52 valence electrons. The number of ether oxygens (including phenoxy) is 1. The third-order valence-electron chi connectivity index (χ3n) is 1.74. The van der Waals surface area contributed by atoms with Gasteiger partial charge >= 0.3 is 5.97 Å². The van der Waals surface area contributed by atoms with Crippen LogP contribution in [0, 0.1) is 0 Å². The molecule has 0 bridgehead atoms. The van der Waals surface area contributed by atoms with Crippen molar-refractivity contribution in [2.24, 2.45) is 0 Å². The van der Waals surface area contributed by atoms with E-state index in [9.17, 15) is 4.79 Å². The lowest BCUT2D eigenvalue weighted by molar-refractivity contribution is -0.142. The molecule has 1 aliphatic heterocycles. The maximum Gasteiger partial charge on any atom is 0.338 e. The highest BCUT2D eigenvalue weighted by atomic mass is 16.6. The summed E-state index contributed by atoms with van der Waals surface area (Å²) in [5.74, 6) is -0.852. The first-order valence-corrected chi connectivity index (χ1v) is 3.02. The van der Waals surface area contributed by atoms with Gasteiger partial charge in [-0.05, 0) is 13.3 Å². The number of carboxylic acid groups (broad SMARTS) is 1. The van der Waals surface area contributed by atoms with E-state index in [1.54, 1.807) is 6.92 Å². The Morgan fingerprint density at radius 3 is 2.56 bits per heavy atom. The first kappa shape index (κ1) is 6.55. The van der Waals surface area contributed by atoms with Crippen LogP contribution in [-0.4, -0.2) is 22.8 Å². The topological polar surface area (TPSA) is 49.8 Å². The summed E-state index contributed by atoms with van der Waals surface area (Å²) in [6, 6.07) is 0. The monoisotopic (exact) mass is 130 g/mol. The van der Waals surface area contributed by atoms with Crippen LogP contribution in [0.15, 0.2) is 0 Å². The van der Waals surface area contributed by atoms with Crippen LogP contribution in [0.4, 0.5) is 0 Å². The maximum atomic E-state index is 10.3. The van der Waals surface area contributed by atoms with E-state index in [2.05, 4.69) is 0 Å². The standard InChI is InChI=1S/C6H10O3/c1-3-4-6(2,9-4)5(7)8/h4H,3H2,1-2H3,(H,7,8). The zero-order valence-corrected chi connectivity index (χ0v) is 5.55. The van der Waals surface area contributed by atoms with Gasteiger partial charge in [-0.15, -0.1) is 0 Å². The van der Waals surface area contributed by atoms with Crippen LogP contribution < -0.4 is 0 Å². The predicted molar refractivity (Wildman–Crippen MR) is 31.2 cm³/mol. The third-order valence-corrected chi connectivity index (χ3v) is 1.74. The third kappa shape index (κ3) is 0.812. The fraction of sp³-hybridized carbons (Fsp3) is 0.833. The van der Waals surface area contributed by atoms with Gasteiger partial charge in [0.25, 0.3) is 0 Å². The maximum absolute atomic E-state index is 10.3. The number of carboxylic acids is 1. The molecule has 0 amide bonds. The molecule has 1 aliphatic rings. The molecule has 0 radical (unpaired) electrons. The van der Waals surface area contributed by atoms with E-state index in [1.807, 2.05) is 6.92 Å². The first-order chi connectivity index (χ1) is 4.11. The van der Waals surface area contributed by atoms with Crippen molar-refractivity contribution in [1.29, 1.82) is 0 Å². The quantitative estimate of drug-likeness (QED) is 0.558. The molecule has 0 saturated carbocycles. The fourth-order valence-corrected chi connectivity index (χ4v) is 0.922. The van der Waals surface area contributed by atoms with E-state index in [4.69, 9.17) is 9.84 Å². The van der Waals surface area contributed by atoms with Crippen molar-refractivity contribution in [2.45, 2.75) is 32.0 Å². The van der Waals surface area contributed by atoms with Gasteiger partial charge in [-0.2, -0.15) is 0 Å². The Bertz CT molecular complexity index is 143. The Morgan fingerprint density at radius 1 is 1.89 bits per heavy atom. The van der Waals surface area contributed by atoms with Gasteiger partial charge in [0, 0.05) is 0 Å². The van der Waals surface area contributed by atoms with Crippen LogP contribution in [-0.2, 0) is 9.53 Å². The van der Waals surface area contributed by atoms with Crippen molar-refractivity contribution in [3.63, 3.8) is 0 Å². The average molecular weight is 130 g/mol. The fourth-order valence-electron chi connectivity index (χ4n) is 0.922. The first-order valence-electron chi connectivity index (χ1n) is 3.02. The smallest absolute Gasteiger partial charge is 0.338 e. The molecule has 1 heterocycles. The normalized spacial score (nSPS) is 40.4. The lowest BCUT2D eigenvalue weighted by atomic mass is 10.1. The largest absolute Gasteiger partial charge is 0.479 e. The van der Waals surface area contributed by atoms with Gasteiger partial charge in [-0.3, -0.25) is 0 Å². The number of hydrogen-bond donors (Lipinski definition) is 1. The van der Waals surface area contributed by atoms with E-state index in [-0.39, 0.29) is 6.10 Å². The molecule has 0 spiro atoms. The molecule has 9 heavy (non-hydrogen) atoms. The van der Waals surface area contributed by atoms with Crippen LogP contribution in [0.1, 0.15) is 20.3 Å². The number of aliphatic carboxylic acids is 1. The lowest BCUT2D eigenvalue weighted by Crippen LogP contribution is -2.22. The number of rotatable bonds is 2. The summed E-state index contributed by atoms with van der Waals surface area (Å²) in [5.41, 5.74) is -0.866. The average Bonchev–Trinajstić information content (AvgIpc) is 2.44. The molecule has 1 rings (SSSR count). The van der Waals surface area contributed by atoms with Crippen LogP contribution >= 0.6 is 0 Å². The van der Waals surface area contributed by atoms with E-state index in [1.165, 1.54) is 0 Å². The van der Waals surface area contributed by atoms with Crippen molar-refractivity contribution in [3.05, 3.63) is 0 Å². The second-order valence-corrected chi connectivity index (χ2v) is 2.43. The molecular weight excluding hydrogens is 120 g/mol. The van der Waals surface area contributed by atoms with Crippen molar-refractivity contribution >= 4 is 5.97 Å². The minimum Gasteiger partial charge on any atom is -0.479 e. The van der Waals surface area contributed by atoms with Gasteiger partial charge in [0.15, 0.2) is 5.60 Å². The molecule has 2 unspecified atom stereocenters. The number of epoxide rings is 1. The Kier molecular flexibility index (Phi) is 1.24. The van der Waals surface area contributed by atoms with Crippen molar-refractivity contribution in [2.75, 3.05) is 0 Å². The van der Waals surface area contributed by atoms with Gasteiger partial charge in [0.1, 0.15) is 0 Å². The molecule has 2 atom stereocenters. The van der Waals surface area contributed by atoms with E-state index >= 15 is 0 Å². The molecule has 1 fully saturated rings. The van der Waals surface area contributed by atoms with Crippen LogP contribution in [0.5, 0.6) is 0 Å².